The SMILES string of the molecule is COc1cc(F)c([C@H]2CC(=O)N(c3c(C#N)ccn(C)c3=O)C2)c(F)c1. The summed E-state index contributed by atoms with van der Waals surface area (Å²) in [5, 5.41) is 9.24. The minimum Gasteiger partial charge on any atom is -0.497 e. The lowest BCUT2D eigenvalue weighted by Crippen LogP contribution is -2.33. The van der Waals surface area contributed by atoms with E-state index in [1.807, 2.05) is 6.07 Å². The first-order chi connectivity index (χ1) is 12.4. The number of nitriles is 1. The van der Waals surface area contributed by atoms with Gasteiger partial charge in [0.05, 0.1) is 12.7 Å². The number of hydrogen-bond donors (Lipinski definition) is 0. The molecule has 1 saturated heterocycles. The highest BCUT2D eigenvalue weighted by Gasteiger charge is 2.37. The summed E-state index contributed by atoms with van der Waals surface area (Å²) in [6.45, 7) is -0.0903. The maximum absolute atomic E-state index is 14.3. The van der Waals surface area contributed by atoms with E-state index in [1.165, 1.54) is 31.0 Å². The first-order valence-corrected chi connectivity index (χ1v) is 7.80. The Hall–Kier alpha value is -3.21. The first-order valence-electron chi connectivity index (χ1n) is 7.80. The Morgan fingerprint density at radius 2 is 1.92 bits per heavy atom. The number of methoxy groups -OCH3 is 1. The normalized spacial score (nSPS) is 16.7. The molecule has 1 aliphatic heterocycles. The molecule has 1 aromatic carbocycles. The van der Waals surface area contributed by atoms with Gasteiger partial charge in [-0.1, -0.05) is 0 Å². The first kappa shape index (κ1) is 17.6. The van der Waals surface area contributed by atoms with Crippen LogP contribution in [0, 0.1) is 23.0 Å². The molecule has 0 bridgehead atoms. The third-order valence-electron chi connectivity index (χ3n) is 4.45. The fourth-order valence-corrected chi connectivity index (χ4v) is 3.15. The molecule has 6 nitrogen and oxygen atoms in total. The maximum Gasteiger partial charge on any atom is 0.275 e. The van der Waals surface area contributed by atoms with Crippen LogP contribution in [0.15, 0.2) is 29.2 Å². The third kappa shape index (κ3) is 2.81. The zero-order chi connectivity index (χ0) is 19.0. The number of carbonyl (C=O) groups excluding carboxylic acids is 1. The van der Waals surface area contributed by atoms with Crippen LogP contribution in [0.25, 0.3) is 0 Å². The van der Waals surface area contributed by atoms with Crippen LogP contribution in [0.1, 0.15) is 23.5 Å². The van der Waals surface area contributed by atoms with Crippen molar-refractivity contribution in [3.05, 3.63) is 57.5 Å². The van der Waals surface area contributed by atoms with E-state index in [1.54, 1.807) is 0 Å². The number of aryl methyl sites for hydroxylation is 1. The lowest BCUT2D eigenvalue weighted by atomic mass is 9.97. The molecule has 26 heavy (non-hydrogen) atoms. The lowest BCUT2D eigenvalue weighted by molar-refractivity contribution is -0.117. The Morgan fingerprint density at radius 3 is 2.50 bits per heavy atom. The summed E-state index contributed by atoms with van der Waals surface area (Å²) >= 11 is 0. The van der Waals surface area contributed by atoms with E-state index in [4.69, 9.17) is 4.74 Å². The van der Waals surface area contributed by atoms with Crippen molar-refractivity contribution in [2.75, 3.05) is 18.6 Å². The zero-order valence-corrected chi connectivity index (χ0v) is 14.1. The number of benzene rings is 1. The lowest BCUT2D eigenvalue weighted by Gasteiger charge is -2.18. The molecule has 0 aliphatic carbocycles. The summed E-state index contributed by atoms with van der Waals surface area (Å²) in [6, 6.07) is 5.40. The van der Waals surface area contributed by atoms with Crippen molar-refractivity contribution >= 4 is 11.6 Å². The molecule has 3 rings (SSSR count). The number of halogens is 2. The smallest absolute Gasteiger partial charge is 0.275 e. The molecule has 1 aliphatic rings. The van der Waals surface area contributed by atoms with Crippen molar-refractivity contribution in [3.8, 4) is 11.8 Å². The average Bonchev–Trinajstić information content (AvgIpc) is 2.97. The van der Waals surface area contributed by atoms with Crippen molar-refractivity contribution in [1.29, 1.82) is 5.26 Å². The largest absolute Gasteiger partial charge is 0.497 e. The number of nitrogens with zero attached hydrogens (tertiary/aromatic N) is 3. The van der Waals surface area contributed by atoms with E-state index < -0.39 is 29.0 Å². The predicted molar refractivity (Wildman–Crippen MR) is 89.0 cm³/mol. The summed E-state index contributed by atoms with van der Waals surface area (Å²) < 4.78 is 34.7. The Balaban J connectivity index is 2.03. The minimum absolute atomic E-state index is 0.0358. The maximum atomic E-state index is 14.3. The summed E-state index contributed by atoms with van der Waals surface area (Å²) in [5.74, 6) is -2.84. The molecule has 0 radical (unpaired) electrons. The van der Waals surface area contributed by atoms with Gasteiger partial charge in [0.2, 0.25) is 5.91 Å². The van der Waals surface area contributed by atoms with Crippen molar-refractivity contribution < 1.29 is 18.3 Å². The van der Waals surface area contributed by atoms with E-state index in [0.717, 1.165) is 17.0 Å². The quantitative estimate of drug-likeness (QED) is 0.841. The van der Waals surface area contributed by atoms with E-state index in [9.17, 15) is 23.6 Å². The number of anilines is 1. The molecule has 0 unspecified atom stereocenters. The van der Waals surface area contributed by atoms with E-state index >= 15 is 0 Å². The Morgan fingerprint density at radius 1 is 1.27 bits per heavy atom. The van der Waals surface area contributed by atoms with Crippen molar-refractivity contribution in [2.24, 2.45) is 7.05 Å². The highest BCUT2D eigenvalue weighted by atomic mass is 19.1. The van der Waals surface area contributed by atoms with Gasteiger partial charge >= 0.3 is 0 Å². The van der Waals surface area contributed by atoms with Crippen molar-refractivity contribution in [1.82, 2.24) is 4.57 Å². The summed E-state index contributed by atoms with van der Waals surface area (Å²) in [6.07, 6.45) is 1.26. The molecular formula is C18H15F2N3O3. The van der Waals surface area contributed by atoms with Crippen molar-refractivity contribution in [3.63, 3.8) is 0 Å². The number of carbonyl (C=O) groups is 1. The number of amides is 1. The second-order valence-electron chi connectivity index (χ2n) is 6.02. The minimum atomic E-state index is -0.817. The molecule has 2 aromatic rings. The Kier molecular flexibility index (Phi) is 4.47. The van der Waals surface area contributed by atoms with Crippen LogP contribution in [0.3, 0.4) is 0 Å². The van der Waals surface area contributed by atoms with Gasteiger partial charge in [0, 0.05) is 49.8 Å². The molecule has 134 valence electrons. The third-order valence-corrected chi connectivity index (χ3v) is 4.45. The van der Waals surface area contributed by atoms with Gasteiger partial charge in [0.25, 0.3) is 5.56 Å². The highest BCUT2D eigenvalue weighted by Crippen LogP contribution is 2.35. The van der Waals surface area contributed by atoms with Crippen LogP contribution in [-0.2, 0) is 11.8 Å². The average molecular weight is 359 g/mol. The summed E-state index contributed by atoms with van der Waals surface area (Å²) in [4.78, 5) is 26.0. The Bertz CT molecular complexity index is 971. The number of aromatic nitrogens is 1. The van der Waals surface area contributed by atoms with Gasteiger partial charge in [-0.05, 0) is 6.07 Å². The standard InChI is InChI=1S/C18H15F2N3O3/c1-22-4-3-10(8-21)17(18(22)25)23-9-11(5-15(23)24)16-13(19)6-12(26-2)7-14(16)20/h3-4,6-7,11H,5,9H2,1-2H3/t11-/m0/s1. The van der Waals surface area contributed by atoms with Crippen LogP contribution in [-0.4, -0.2) is 24.1 Å². The molecule has 8 heteroatoms. The van der Waals surface area contributed by atoms with Crippen LogP contribution in [0.4, 0.5) is 14.5 Å². The van der Waals surface area contributed by atoms with Gasteiger partial charge in [-0.2, -0.15) is 5.26 Å². The summed E-state index contributed by atoms with van der Waals surface area (Å²) in [5.41, 5.74) is -0.779. The monoisotopic (exact) mass is 359 g/mol. The molecule has 1 fully saturated rings. The van der Waals surface area contributed by atoms with Crippen LogP contribution in [0.2, 0.25) is 0 Å². The zero-order valence-electron chi connectivity index (χ0n) is 14.1. The molecule has 0 N–H and O–H groups in total. The van der Waals surface area contributed by atoms with Crippen LogP contribution in [0.5, 0.6) is 5.75 Å². The van der Waals surface area contributed by atoms with E-state index in [0.29, 0.717) is 0 Å². The summed E-state index contributed by atoms with van der Waals surface area (Å²) in [7, 11) is 2.79. The van der Waals surface area contributed by atoms with Gasteiger partial charge in [-0.15, -0.1) is 0 Å². The molecule has 1 atom stereocenters. The second kappa shape index (κ2) is 6.59. The predicted octanol–water partition coefficient (Wildman–Crippen LogP) is 2.06. The molecule has 1 amide bonds. The molecule has 0 spiro atoms. The van der Waals surface area contributed by atoms with Gasteiger partial charge in [0.15, 0.2) is 0 Å². The molecule has 0 saturated carbocycles. The van der Waals surface area contributed by atoms with Gasteiger partial charge in [0.1, 0.15) is 29.1 Å². The van der Waals surface area contributed by atoms with Crippen LogP contribution < -0.4 is 15.2 Å². The van der Waals surface area contributed by atoms with Crippen LogP contribution >= 0.6 is 0 Å². The van der Waals surface area contributed by atoms with Gasteiger partial charge in [-0.3, -0.25) is 9.59 Å². The topological polar surface area (TPSA) is 75.3 Å². The fourth-order valence-electron chi connectivity index (χ4n) is 3.15. The van der Waals surface area contributed by atoms with Gasteiger partial charge < -0.3 is 14.2 Å². The number of pyridine rings is 1. The van der Waals surface area contributed by atoms with E-state index in [2.05, 4.69) is 0 Å². The molecular weight excluding hydrogens is 344 g/mol. The number of ether oxygens (including phenoxy) is 1. The number of hydrogen-bond acceptors (Lipinski definition) is 4. The van der Waals surface area contributed by atoms with Crippen molar-refractivity contribution in [2.45, 2.75) is 12.3 Å². The second-order valence-corrected chi connectivity index (χ2v) is 6.02. The van der Waals surface area contributed by atoms with E-state index in [-0.39, 0.29) is 35.5 Å². The fraction of sp³-hybridized carbons (Fsp3) is 0.278. The number of rotatable bonds is 3. The molecule has 2 heterocycles. The Labute approximate surface area is 147 Å². The van der Waals surface area contributed by atoms with Gasteiger partial charge in [-0.25, -0.2) is 8.78 Å². The highest BCUT2D eigenvalue weighted by molar-refractivity contribution is 5.97. The molecule has 1 aromatic heterocycles.